The molecule has 0 aliphatic carbocycles. The second-order valence-corrected chi connectivity index (χ2v) is 5.29. The molecule has 0 aliphatic rings. The standard InChI is InChI=1S/C15H17NS/c1-3-4-7-10-16-12(2)15-11-13-8-5-6-9-14(13)17-15/h1,5-6,8-9,11-12,16H,4,7,10H2,2H3. The Morgan fingerprint density at radius 3 is 3.00 bits per heavy atom. The molecule has 88 valence electrons. The minimum atomic E-state index is 0.408. The van der Waals surface area contributed by atoms with E-state index in [1.54, 1.807) is 0 Å². The van der Waals surface area contributed by atoms with Crippen LogP contribution >= 0.6 is 11.3 Å². The Bertz CT molecular complexity index is 488. The van der Waals surface area contributed by atoms with E-state index in [4.69, 9.17) is 6.42 Å². The molecule has 1 aromatic heterocycles. The minimum Gasteiger partial charge on any atom is -0.309 e. The van der Waals surface area contributed by atoms with Crippen molar-refractivity contribution < 1.29 is 0 Å². The summed E-state index contributed by atoms with van der Waals surface area (Å²) in [4.78, 5) is 1.40. The molecule has 2 aromatic rings. The zero-order valence-corrected chi connectivity index (χ0v) is 10.9. The summed E-state index contributed by atoms with van der Waals surface area (Å²) >= 11 is 1.87. The van der Waals surface area contributed by atoms with Gasteiger partial charge in [-0.25, -0.2) is 0 Å². The highest BCUT2D eigenvalue weighted by atomic mass is 32.1. The van der Waals surface area contributed by atoms with Gasteiger partial charge in [0.25, 0.3) is 0 Å². The van der Waals surface area contributed by atoms with Gasteiger partial charge in [-0.3, -0.25) is 0 Å². The van der Waals surface area contributed by atoms with Crippen LogP contribution in [0.4, 0.5) is 0 Å². The van der Waals surface area contributed by atoms with Crippen LogP contribution in [0.5, 0.6) is 0 Å². The van der Waals surface area contributed by atoms with Gasteiger partial charge in [0.15, 0.2) is 0 Å². The van der Waals surface area contributed by atoms with Gasteiger partial charge in [-0.1, -0.05) is 18.2 Å². The number of benzene rings is 1. The quantitative estimate of drug-likeness (QED) is 0.619. The maximum absolute atomic E-state index is 5.23. The van der Waals surface area contributed by atoms with Crippen LogP contribution < -0.4 is 5.32 Å². The second kappa shape index (κ2) is 5.86. The monoisotopic (exact) mass is 243 g/mol. The van der Waals surface area contributed by atoms with E-state index in [2.05, 4.69) is 48.5 Å². The Kier molecular flexibility index (Phi) is 4.19. The molecule has 2 rings (SSSR count). The molecule has 0 aliphatic heterocycles. The maximum atomic E-state index is 5.23. The molecule has 0 saturated heterocycles. The van der Waals surface area contributed by atoms with Gasteiger partial charge in [-0.2, -0.15) is 0 Å². The summed E-state index contributed by atoms with van der Waals surface area (Å²) in [6.07, 6.45) is 7.13. The number of nitrogens with one attached hydrogen (secondary N) is 1. The first-order valence-electron chi connectivity index (χ1n) is 5.96. The highest BCUT2D eigenvalue weighted by Gasteiger charge is 2.08. The fourth-order valence-corrected chi connectivity index (χ4v) is 2.92. The molecule has 1 heterocycles. The predicted molar refractivity (Wildman–Crippen MR) is 76.3 cm³/mol. The number of unbranched alkanes of at least 4 members (excludes halogenated alkanes) is 1. The summed E-state index contributed by atoms with van der Waals surface area (Å²) < 4.78 is 1.36. The molecule has 17 heavy (non-hydrogen) atoms. The van der Waals surface area contributed by atoms with Crippen LogP contribution in [0.2, 0.25) is 0 Å². The SMILES string of the molecule is C#CCCCNC(C)c1cc2ccccc2s1. The van der Waals surface area contributed by atoms with Crippen molar-refractivity contribution in [3.8, 4) is 12.3 Å². The van der Waals surface area contributed by atoms with E-state index < -0.39 is 0 Å². The molecule has 2 heteroatoms. The van der Waals surface area contributed by atoms with Crippen LogP contribution in [-0.4, -0.2) is 6.54 Å². The Labute approximate surface area is 107 Å². The Morgan fingerprint density at radius 2 is 2.24 bits per heavy atom. The van der Waals surface area contributed by atoms with E-state index in [9.17, 15) is 0 Å². The smallest absolute Gasteiger partial charge is 0.0386 e. The van der Waals surface area contributed by atoms with Crippen LogP contribution in [0, 0.1) is 12.3 Å². The number of hydrogen-bond donors (Lipinski definition) is 1. The first-order valence-corrected chi connectivity index (χ1v) is 6.78. The summed E-state index contributed by atoms with van der Waals surface area (Å²) in [5.74, 6) is 2.67. The molecule has 1 nitrogen and oxygen atoms in total. The molecule has 0 bridgehead atoms. The summed E-state index contributed by atoms with van der Waals surface area (Å²) in [6, 6.07) is 11.2. The highest BCUT2D eigenvalue weighted by Crippen LogP contribution is 2.29. The molecule has 0 radical (unpaired) electrons. The second-order valence-electron chi connectivity index (χ2n) is 4.17. The molecule has 0 fully saturated rings. The topological polar surface area (TPSA) is 12.0 Å². The average Bonchev–Trinajstić information content (AvgIpc) is 2.78. The van der Waals surface area contributed by atoms with E-state index in [-0.39, 0.29) is 0 Å². The fraction of sp³-hybridized carbons (Fsp3) is 0.333. The van der Waals surface area contributed by atoms with Crippen molar-refractivity contribution in [1.82, 2.24) is 5.32 Å². The summed E-state index contributed by atoms with van der Waals surface area (Å²) in [7, 11) is 0. The van der Waals surface area contributed by atoms with Gasteiger partial charge < -0.3 is 5.32 Å². The van der Waals surface area contributed by atoms with Crippen LogP contribution in [0.3, 0.4) is 0 Å². The number of rotatable bonds is 5. The van der Waals surface area contributed by atoms with Crippen molar-refractivity contribution in [2.75, 3.05) is 6.54 Å². The fourth-order valence-electron chi connectivity index (χ4n) is 1.83. The lowest BCUT2D eigenvalue weighted by atomic mass is 10.2. The Hall–Kier alpha value is -1.30. The van der Waals surface area contributed by atoms with Crippen molar-refractivity contribution in [1.29, 1.82) is 0 Å². The largest absolute Gasteiger partial charge is 0.309 e. The molecule has 0 amide bonds. The molecular formula is C15H17NS. The van der Waals surface area contributed by atoms with E-state index in [0.29, 0.717) is 6.04 Å². The molecule has 1 aromatic carbocycles. The van der Waals surface area contributed by atoms with Gasteiger partial charge in [-0.15, -0.1) is 23.7 Å². The lowest BCUT2D eigenvalue weighted by Crippen LogP contribution is -2.18. The first kappa shape index (κ1) is 12.2. The zero-order valence-electron chi connectivity index (χ0n) is 10.1. The third-order valence-corrected chi connectivity index (χ3v) is 4.12. The van der Waals surface area contributed by atoms with Crippen molar-refractivity contribution in [3.05, 3.63) is 35.2 Å². The summed E-state index contributed by atoms with van der Waals surface area (Å²) in [5.41, 5.74) is 0. The third kappa shape index (κ3) is 3.09. The number of hydrogen-bond acceptors (Lipinski definition) is 2. The Balaban J connectivity index is 1.99. The average molecular weight is 243 g/mol. The molecule has 0 spiro atoms. The van der Waals surface area contributed by atoms with Gasteiger partial charge >= 0.3 is 0 Å². The van der Waals surface area contributed by atoms with Crippen molar-refractivity contribution in [3.63, 3.8) is 0 Å². The first-order chi connectivity index (χ1) is 8.31. The van der Waals surface area contributed by atoms with Gasteiger partial charge in [0.2, 0.25) is 0 Å². The number of terminal acetylenes is 1. The molecular weight excluding hydrogens is 226 g/mol. The zero-order chi connectivity index (χ0) is 12.1. The molecule has 1 atom stereocenters. The maximum Gasteiger partial charge on any atom is 0.0386 e. The lowest BCUT2D eigenvalue weighted by Gasteiger charge is -2.10. The van der Waals surface area contributed by atoms with Gasteiger partial charge in [-0.05, 0) is 37.4 Å². The normalized spacial score (nSPS) is 12.5. The molecule has 0 saturated carbocycles. The van der Waals surface area contributed by atoms with E-state index in [0.717, 1.165) is 19.4 Å². The van der Waals surface area contributed by atoms with Gasteiger partial charge in [0, 0.05) is 22.0 Å². The van der Waals surface area contributed by atoms with Crippen LogP contribution in [0.15, 0.2) is 30.3 Å². The number of thiophene rings is 1. The predicted octanol–water partition coefficient (Wildman–Crippen LogP) is 3.97. The lowest BCUT2D eigenvalue weighted by molar-refractivity contribution is 0.570. The van der Waals surface area contributed by atoms with Crippen LogP contribution in [-0.2, 0) is 0 Å². The number of fused-ring (bicyclic) bond motifs is 1. The van der Waals surface area contributed by atoms with E-state index in [1.807, 2.05) is 11.3 Å². The molecule has 1 unspecified atom stereocenters. The summed E-state index contributed by atoms with van der Waals surface area (Å²) in [6.45, 7) is 3.19. The van der Waals surface area contributed by atoms with Crippen molar-refractivity contribution in [2.24, 2.45) is 0 Å². The van der Waals surface area contributed by atoms with E-state index in [1.165, 1.54) is 15.0 Å². The van der Waals surface area contributed by atoms with Crippen LogP contribution in [0.25, 0.3) is 10.1 Å². The van der Waals surface area contributed by atoms with E-state index >= 15 is 0 Å². The van der Waals surface area contributed by atoms with Crippen molar-refractivity contribution >= 4 is 21.4 Å². The Morgan fingerprint density at radius 1 is 1.41 bits per heavy atom. The van der Waals surface area contributed by atoms with Crippen LogP contribution in [0.1, 0.15) is 30.7 Å². The highest BCUT2D eigenvalue weighted by molar-refractivity contribution is 7.19. The third-order valence-electron chi connectivity index (χ3n) is 2.82. The summed E-state index contributed by atoms with van der Waals surface area (Å²) in [5, 5.41) is 4.85. The van der Waals surface area contributed by atoms with Gasteiger partial charge in [0.1, 0.15) is 0 Å². The molecule has 1 N–H and O–H groups in total. The van der Waals surface area contributed by atoms with Gasteiger partial charge in [0.05, 0.1) is 0 Å². The van der Waals surface area contributed by atoms with Crippen molar-refractivity contribution in [2.45, 2.75) is 25.8 Å². The minimum absolute atomic E-state index is 0.408.